The van der Waals surface area contributed by atoms with Gasteiger partial charge in [0.2, 0.25) is 5.91 Å². The van der Waals surface area contributed by atoms with Gasteiger partial charge in [-0.15, -0.1) is 0 Å². The van der Waals surface area contributed by atoms with Gasteiger partial charge in [0.25, 0.3) is 5.91 Å². The fourth-order valence-corrected chi connectivity index (χ4v) is 5.67. The quantitative estimate of drug-likeness (QED) is 0.250. The van der Waals surface area contributed by atoms with Gasteiger partial charge in [0.1, 0.15) is 28.3 Å². The lowest BCUT2D eigenvalue weighted by molar-refractivity contribution is -0.123. The van der Waals surface area contributed by atoms with E-state index in [9.17, 15) is 14.0 Å². The molecule has 1 saturated carbocycles. The number of carbonyl (C=O) groups excluding carboxylic acids is 2. The maximum atomic E-state index is 14.5. The van der Waals surface area contributed by atoms with Crippen LogP contribution in [0.3, 0.4) is 0 Å². The van der Waals surface area contributed by atoms with Crippen LogP contribution in [0.4, 0.5) is 10.1 Å². The maximum absolute atomic E-state index is 14.5. The Bertz CT molecular complexity index is 1500. The number of hydrogen-bond donors (Lipinski definition) is 1. The Labute approximate surface area is 243 Å². The van der Waals surface area contributed by atoms with E-state index in [1.54, 1.807) is 38.3 Å². The summed E-state index contributed by atoms with van der Waals surface area (Å²) in [6.45, 7) is 1.70. The second-order valence-electron chi connectivity index (χ2n) is 10.2. The predicted molar refractivity (Wildman–Crippen MR) is 157 cm³/mol. The molecule has 1 atom stereocenters. The molecule has 0 spiro atoms. The lowest BCUT2D eigenvalue weighted by Gasteiger charge is -2.33. The standard InChI is InChI=1S/C32H32ClFN4O3/c1-21-28(30(33)38(36-21)26-11-7-4-8-12-26)32(40)37(25-17-15-23(34)16-18-25)29(22-13-19-27(41-2)20-14-22)31(39)35-24-9-5-3-6-10-24/h4,7-8,11-20,24,29H,3,5-6,9-10H2,1-2H3,(H,35,39)/t29-/m1/s1. The van der Waals surface area contributed by atoms with E-state index in [-0.39, 0.29) is 22.7 Å². The van der Waals surface area contributed by atoms with Gasteiger partial charge in [0.05, 0.1) is 18.5 Å². The number of nitrogens with one attached hydrogen (secondary N) is 1. The molecule has 1 N–H and O–H groups in total. The molecule has 1 aliphatic carbocycles. The highest BCUT2D eigenvalue weighted by Gasteiger charge is 2.37. The van der Waals surface area contributed by atoms with Gasteiger partial charge >= 0.3 is 0 Å². The number of amides is 2. The molecule has 7 nitrogen and oxygen atoms in total. The topological polar surface area (TPSA) is 76.5 Å². The molecular weight excluding hydrogens is 543 g/mol. The van der Waals surface area contributed by atoms with Crippen LogP contribution < -0.4 is 15.0 Å². The van der Waals surface area contributed by atoms with E-state index >= 15 is 0 Å². The fraction of sp³-hybridized carbons (Fsp3) is 0.281. The molecule has 5 rings (SSSR count). The summed E-state index contributed by atoms with van der Waals surface area (Å²) >= 11 is 6.82. The molecule has 2 amide bonds. The van der Waals surface area contributed by atoms with Crippen LogP contribution in [0.5, 0.6) is 5.75 Å². The predicted octanol–water partition coefficient (Wildman–Crippen LogP) is 6.82. The second-order valence-corrected chi connectivity index (χ2v) is 10.5. The molecule has 0 unspecified atom stereocenters. The van der Waals surface area contributed by atoms with Crippen molar-refractivity contribution in [2.45, 2.75) is 51.1 Å². The zero-order valence-corrected chi connectivity index (χ0v) is 23.8. The van der Waals surface area contributed by atoms with E-state index in [1.165, 1.54) is 33.8 Å². The Morgan fingerprint density at radius 3 is 2.29 bits per heavy atom. The first-order valence-corrected chi connectivity index (χ1v) is 14.1. The monoisotopic (exact) mass is 574 g/mol. The van der Waals surface area contributed by atoms with Gasteiger partial charge < -0.3 is 10.1 Å². The summed E-state index contributed by atoms with van der Waals surface area (Å²) in [5.74, 6) is -0.701. The maximum Gasteiger partial charge on any atom is 0.264 e. The van der Waals surface area contributed by atoms with Crippen LogP contribution >= 0.6 is 11.6 Å². The van der Waals surface area contributed by atoms with E-state index in [4.69, 9.17) is 16.3 Å². The lowest BCUT2D eigenvalue weighted by Crippen LogP contribution is -2.47. The van der Waals surface area contributed by atoms with Gasteiger partial charge in [-0.05, 0) is 73.9 Å². The number of nitrogens with zero attached hydrogens (tertiary/aromatic N) is 3. The molecule has 0 saturated heterocycles. The van der Waals surface area contributed by atoms with Crippen LogP contribution in [0.15, 0.2) is 78.9 Å². The van der Waals surface area contributed by atoms with Crippen molar-refractivity contribution < 1.29 is 18.7 Å². The van der Waals surface area contributed by atoms with Crippen LogP contribution in [0, 0.1) is 12.7 Å². The van der Waals surface area contributed by atoms with Crippen molar-refractivity contribution >= 4 is 29.1 Å². The van der Waals surface area contributed by atoms with E-state index in [2.05, 4.69) is 10.4 Å². The van der Waals surface area contributed by atoms with Crippen molar-refractivity contribution in [1.29, 1.82) is 0 Å². The molecule has 1 fully saturated rings. The number of rotatable bonds is 8. The Hall–Kier alpha value is -4.17. The van der Waals surface area contributed by atoms with Crippen LogP contribution in [0.1, 0.15) is 59.8 Å². The van der Waals surface area contributed by atoms with Gasteiger partial charge in [-0.3, -0.25) is 14.5 Å². The van der Waals surface area contributed by atoms with Gasteiger partial charge in [-0.2, -0.15) is 5.10 Å². The van der Waals surface area contributed by atoms with Crippen molar-refractivity contribution in [2.75, 3.05) is 12.0 Å². The molecule has 212 valence electrons. The summed E-state index contributed by atoms with van der Waals surface area (Å²) in [6, 6.07) is 20.7. The zero-order chi connectivity index (χ0) is 28.9. The van der Waals surface area contributed by atoms with E-state index < -0.39 is 17.8 Å². The molecule has 0 aliphatic heterocycles. The molecule has 0 radical (unpaired) electrons. The highest BCUT2D eigenvalue weighted by molar-refractivity contribution is 6.34. The van der Waals surface area contributed by atoms with E-state index in [0.717, 1.165) is 32.1 Å². The molecular formula is C32H32ClFN4O3. The molecule has 9 heteroatoms. The first kappa shape index (κ1) is 28.4. The summed E-state index contributed by atoms with van der Waals surface area (Å²) in [6.07, 6.45) is 4.96. The molecule has 1 aliphatic rings. The smallest absolute Gasteiger partial charge is 0.264 e. The van der Waals surface area contributed by atoms with Gasteiger partial charge in [-0.1, -0.05) is 61.2 Å². The number of aromatic nitrogens is 2. The number of methoxy groups -OCH3 is 1. The highest BCUT2D eigenvalue weighted by Crippen LogP contribution is 2.34. The minimum absolute atomic E-state index is 0.00771. The minimum Gasteiger partial charge on any atom is -0.497 e. The average molecular weight is 575 g/mol. The first-order chi connectivity index (χ1) is 19.9. The molecule has 3 aromatic carbocycles. The largest absolute Gasteiger partial charge is 0.497 e. The summed E-state index contributed by atoms with van der Waals surface area (Å²) in [5, 5.41) is 7.84. The summed E-state index contributed by atoms with van der Waals surface area (Å²) in [5.41, 5.74) is 2.16. The van der Waals surface area contributed by atoms with Crippen molar-refractivity contribution in [3.05, 3.63) is 107 Å². The van der Waals surface area contributed by atoms with Crippen molar-refractivity contribution in [2.24, 2.45) is 0 Å². The molecule has 41 heavy (non-hydrogen) atoms. The Morgan fingerprint density at radius 2 is 1.66 bits per heavy atom. The van der Waals surface area contributed by atoms with Crippen molar-refractivity contribution in [3.63, 3.8) is 0 Å². The Kier molecular flexibility index (Phi) is 8.69. The minimum atomic E-state index is -1.07. The van der Waals surface area contributed by atoms with Gasteiger partial charge in [-0.25, -0.2) is 9.07 Å². The van der Waals surface area contributed by atoms with Crippen LogP contribution in [-0.4, -0.2) is 34.7 Å². The number of para-hydroxylation sites is 1. The van der Waals surface area contributed by atoms with E-state index in [0.29, 0.717) is 28.4 Å². The first-order valence-electron chi connectivity index (χ1n) is 13.7. The number of aryl methyl sites for hydroxylation is 1. The average Bonchev–Trinajstić information content (AvgIpc) is 3.30. The lowest BCUT2D eigenvalue weighted by atomic mass is 9.94. The van der Waals surface area contributed by atoms with Gasteiger partial charge in [0.15, 0.2) is 0 Å². The molecule has 1 heterocycles. The molecule has 0 bridgehead atoms. The third-order valence-electron chi connectivity index (χ3n) is 7.43. The van der Waals surface area contributed by atoms with Gasteiger partial charge in [0, 0.05) is 11.7 Å². The third kappa shape index (κ3) is 6.12. The normalized spacial score (nSPS) is 14.3. The summed E-state index contributed by atoms with van der Waals surface area (Å²) in [7, 11) is 1.56. The van der Waals surface area contributed by atoms with E-state index in [1.807, 2.05) is 30.3 Å². The number of halogens is 2. The number of ether oxygens (including phenoxy) is 1. The van der Waals surface area contributed by atoms with Crippen LogP contribution in [0.2, 0.25) is 5.15 Å². The third-order valence-corrected chi connectivity index (χ3v) is 7.78. The molecule has 4 aromatic rings. The SMILES string of the molecule is COc1ccc([C@H](C(=O)NC2CCCCC2)N(C(=O)c2c(C)nn(-c3ccccc3)c2Cl)c2ccc(F)cc2)cc1. The Morgan fingerprint density at radius 1 is 1.00 bits per heavy atom. The molecule has 1 aromatic heterocycles. The van der Waals surface area contributed by atoms with Crippen LogP contribution in [-0.2, 0) is 4.79 Å². The number of anilines is 1. The number of benzene rings is 3. The van der Waals surface area contributed by atoms with Crippen molar-refractivity contribution in [3.8, 4) is 11.4 Å². The number of hydrogen-bond acceptors (Lipinski definition) is 4. The van der Waals surface area contributed by atoms with Crippen LogP contribution in [0.25, 0.3) is 5.69 Å². The second kappa shape index (κ2) is 12.6. The van der Waals surface area contributed by atoms with Crippen molar-refractivity contribution in [1.82, 2.24) is 15.1 Å². The zero-order valence-electron chi connectivity index (χ0n) is 23.0. The highest BCUT2D eigenvalue weighted by atomic mass is 35.5. The fourth-order valence-electron chi connectivity index (χ4n) is 5.32. The summed E-state index contributed by atoms with van der Waals surface area (Å²) in [4.78, 5) is 30.0. The Balaban J connectivity index is 1.63. The number of carbonyl (C=O) groups is 2. The summed E-state index contributed by atoms with van der Waals surface area (Å²) < 4.78 is 20.9.